The molecule has 1 saturated heterocycles. The molecule has 120 valence electrons. The molecule has 1 aliphatic rings. The fourth-order valence-corrected chi connectivity index (χ4v) is 2.64. The predicted molar refractivity (Wildman–Crippen MR) is 88.8 cm³/mol. The summed E-state index contributed by atoms with van der Waals surface area (Å²) >= 11 is 3.31. The molecular weight excluding hydrogens is 348 g/mol. The van der Waals surface area contributed by atoms with Crippen LogP contribution >= 0.6 is 15.9 Å². The van der Waals surface area contributed by atoms with Gasteiger partial charge >= 0.3 is 0 Å². The normalized spacial score (nSPS) is 15.3. The number of piperazine rings is 1. The molecule has 1 aromatic carbocycles. The van der Waals surface area contributed by atoms with Gasteiger partial charge in [0.15, 0.2) is 0 Å². The maximum Gasteiger partial charge on any atom is 0.251 e. The smallest absolute Gasteiger partial charge is 0.251 e. The van der Waals surface area contributed by atoms with Crippen molar-refractivity contribution in [3.63, 3.8) is 0 Å². The predicted octanol–water partition coefficient (Wildman–Crippen LogP) is 0.200. The van der Waals surface area contributed by atoms with Crippen molar-refractivity contribution in [2.75, 3.05) is 45.8 Å². The maximum absolute atomic E-state index is 11.9. The van der Waals surface area contributed by atoms with Gasteiger partial charge in [-0.2, -0.15) is 0 Å². The van der Waals surface area contributed by atoms with Gasteiger partial charge < -0.3 is 16.0 Å². The summed E-state index contributed by atoms with van der Waals surface area (Å²) in [7, 11) is 0. The molecule has 1 fully saturated rings. The summed E-state index contributed by atoms with van der Waals surface area (Å²) in [5.74, 6) is -0.419. The van der Waals surface area contributed by atoms with E-state index in [2.05, 4.69) is 36.8 Å². The van der Waals surface area contributed by atoms with Crippen LogP contribution in [-0.4, -0.2) is 62.5 Å². The van der Waals surface area contributed by atoms with Gasteiger partial charge in [0.25, 0.3) is 5.91 Å². The van der Waals surface area contributed by atoms with E-state index in [-0.39, 0.29) is 18.4 Å². The number of nitrogens with zero attached hydrogens (tertiary/aromatic N) is 1. The lowest BCUT2D eigenvalue weighted by molar-refractivity contribution is -0.120. The first-order chi connectivity index (χ1) is 10.6. The van der Waals surface area contributed by atoms with Crippen molar-refractivity contribution in [3.05, 3.63) is 34.3 Å². The van der Waals surface area contributed by atoms with Crippen LogP contribution in [0.2, 0.25) is 0 Å². The van der Waals surface area contributed by atoms with E-state index in [9.17, 15) is 9.59 Å². The molecule has 0 aromatic heterocycles. The Balaban J connectivity index is 1.63. The monoisotopic (exact) mass is 368 g/mol. The van der Waals surface area contributed by atoms with Crippen LogP contribution in [0.5, 0.6) is 0 Å². The Morgan fingerprint density at radius 1 is 1.23 bits per heavy atom. The second kappa shape index (κ2) is 8.87. The third kappa shape index (κ3) is 5.75. The average Bonchev–Trinajstić information content (AvgIpc) is 2.53. The van der Waals surface area contributed by atoms with Gasteiger partial charge in [-0.3, -0.25) is 14.5 Å². The zero-order valence-electron chi connectivity index (χ0n) is 12.4. The van der Waals surface area contributed by atoms with Crippen LogP contribution in [0, 0.1) is 0 Å². The van der Waals surface area contributed by atoms with Crippen molar-refractivity contribution >= 4 is 27.7 Å². The van der Waals surface area contributed by atoms with Crippen molar-refractivity contribution in [1.29, 1.82) is 0 Å². The molecule has 2 amide bonds. The highest BCUT2D eigenvalue weighted by Gasteiger charge is 2.10. The summed E-state index contributed by atoms with van der Waals surface area (Å²) in [4.78, 5) is 25.9. The molecule has 0 bridgehead atoms. The summed E-state index contributed by atoms with van der Waals surface area (Å²) in [6.45, 7) is 5.45. The largest absolute Gasteiger partial charge is 0.353 e. The Morgan fingerprint density at radius 3 is 2.73 bits per heavy atom. The van der Waals surface area contributed by atoms with E-state index in [1.807, 2.05) is 6.07 Å². The molecular formula is C15H21BrN4O2. The summed E-state index contributed by atoms with van der Waals surface area (Å²) in [6, 6.07) is 7.06. The standard InChI is InChI=1S/C15H21BrN4O2/c16-13-3-1-2-12(10-13)15(22)19-11-14(21)18-6-9-20-7-4-17-5-8-20/h1-3,10,17H,4-9,11H2,(H,18,21)(H,19,22). The van der Waals surface area contributed by atoms with E-state index in [4.69, 9.17) is 0 Å². The van der Waals surface area contributed by atoms with Crippen LogP contribution in [0.3, 0.4) is 0 Å². The van der Waals surface area contributed by atoms with Gasteiger partial charge in [0.05, 0.1) is 6.54 Å². The van der Waals surface area contributed by atoms with Gasteiger partial charge in [0, 0.05) is 49.3 Å². The quantitative estimate of drug-likeness (QED) is 0.670. The lowest BCUT2D eigenvalue weighted by Crippen LogP contribution is -2.47. The topological polar surface area (TPSA) is 73.5 Å². The lowest BCUT2D eigenvalue weighted by atomic mass is 10.2. The number of carbonyl (C=O) groups is 2. The molecule has 0 aliphatic carbocycles. The third-order valence-electron chi connectivity index (χ3n) is 3.46. The van der Waals surface area contributed by atoms with E-state index >= 15 is 0 Å². The van der Waals surface area contributed by atoms with Gasteiger partial charge in [-0.25, -0.2) is 0 Å². The molecule has 0 unspecified atom stereocenters. The third-order valence-corrected chi connectivity index (χ3v) is 3.95. The highest BCUT2D eigenvalue weighted by atomic mass is 79.9. The van der Waals surface area contributed by atoms with E-state index in [1.165, 1.54) is 0 Å². The van der Waals surface area contributed by atoms with Gasteiger partial charge in [0.2, 0.25) is 5.91 Å². The molecule has 3 N–H and O–H groups in total. The molecule has 1 heterocycles. The molecule has 0 saturated carbocycles. The number of hydrogen-bond donors (Lipinski definition) is 3. The fourth-order valence-electron chi connectivity index (χ4n) is 2.24. The molecule has 1 aromatic rings. The number of rotatable bonds is 6. The molecule has 6 nitrogen and oxygen atoms in total. The number of amides is 2. The minimum atomic E-state index is -0.251. The second-order valence-electron chi connectivity index (χ2n) is 5.13. The number of carbonyl (C=O) groups excluding carboxylic acids is 2. The summed E-state index contributed by atoms with van der Waals surface area (Å²) in [6.07, 6.45) is 0. The van der Waals surface area contributed by atoms with Gasteiger partial charge in [-0.1, -0.05) is 22.0 Å². The molecule has 2 rings (SSSR count). The molecule has 1 aliphatic heterocycles. The molecule has 0 spiro atoms. The minimum Gasteiger partial charge on any atom is -0.353 e. The van der Waals surface area contributed by atoms with Crippen LogP contribution in [0.4, 0.5) is 0 Å². The summed E-state index contributed by atoms with van der Waals surface area (Å²) in [5, 5.41) is 8.73. The van der Waals surface area contributed by atoms with Crippen LogP contribution in [0.25, 0.3) is 0 Å². The zero-order chi connectivity index (χ0) is 15.8. The van der Waals surface area contributed by atoms with Crippen molar-refractivity contribution in [3.8, 4) is 0 Å². The number of benzene rings is 1. The van der Waals surface area contributed by atoms with Crippen molar-refractivity contribution in [2.45, 2.75) is 0 Å². The van der Waals surface area contributed by atoms with Crippen molar-refractivity contribution in [2.24, 2.45) is 0 Å². The van der Waals surface area contributed by atoms with Gasteiger partial charge in [0.1, 0.15) is 0 Å². The van der Waals surface area contributed by atoms with Crippen LogP contribution in [0.15, 0.2) is 28.7 Å². The van der Waals surface area contributed by atoms with Crippen molar-refractivity contribution in [1.82, 2.24) is 20.9 Å². The minimum absolute atomic E-state index is 0.00704. The molecule has 7 heteroatoms. The number of halogens is 1. The molecule has 0 radical (unpaired) electrons. The fraction of sp³-hybridized carbons (Fsp3) is 0.467. The number of nitrogens with one attached hydrogen (secondary N) is 3. The first-order valence-corrected chi connectivity index (χ1v) is 8.18. The van der Waals surface area contributed by atoms with Crippen LogP contribution in [0.1, 0.15) is 10.4 Å². The van der Waals surface area contributed by atoms with E-state index in [0.29, 0.717) is 12.1 Å². The highest BCUT2D eigenvalue weighted by molar-refractivity contribution is 9.10. The maximum atomic E-state index is 11.9. The van der Waals surface area contributed by atoms with Crippen LogP contribution in [-0.2, 0) is 4.79 Å². The Labute approximate surface area is 138 Å². The number of hydrogen-bond acceptors (Lipinski definition) is 4. The second-order valence-corrected chi connectivity index (χ2v) is 6.05. The average molecular weight is 369 g/mol. The Kier molecular flexibility index (Phi) is 6.82. The summed E-state index contributed by atoms with van der Waals surface area (Å²) < 4.78 is 0.834. The van der Waals surface area contributed by atoms with Crippen molar-refractivity contribution < 1.29 is 9.59 Å². The Bertz CT molecular complexity index is 518. The Hall–Kier alpha value is -1.44. The molecule has 22 heavy (non-hydrogen) atoms. The SMILES string of the molecule is O=C(CNC(=O)c1cccc(Br)c1)NCCN1CCNCC1. The van der Waals surface area contributed by atoms with E-state index < -0.39 is 0 Å². The summed E-state index contributed by atoms with van der Waals surface area (Å²) in [5.41, 5.74) is 0.531. The Morgan fingerprint density at radius 2 is 2.00 bits per heavy atom. The lowest BCUT2D eigenvalue weighted by Gasteiger charge is -2.27. The zero-order valence-corrected chi connectivity index (χ0v) is 14.0. The van der Waals surface area contributed by atoms with Gasteiger partial charge in [-0.15, -0.1) is 0 Å². The van der Waals surface area contributed by atoms with Crippen LogP contribution < -0.4 is 16.0 Å². The van der Waals surface area contributed by atoms with E-state index in [1.54, 1.807) is 18.2 Å². The highest BCUT2D eigenvalue weighted by Crippen LogP contribution is 2.11. The first-order valence-electron chi connectivity index (χ1n) is 7.39. The first kappa shape index (κ1) is 16.9. The van der Waals surface area contributed by atoms with E-state index in [0.717, 1.165) is 37.2 Å². The molecule has 0 atom stereocenters. The van der Waals surface area contributed by atoms with Gasteiger partial charge in [-0.05, 0) is 18.2 Å².